The molecular formula is C27H39N3O5S2. The number of nitrogens with zero attached hydrogens (tertiary/aromatic N) is 3. The van der Waals surface area contributed by atoms with Gasteiger partial charge >= 0.3 is 0 Å². The summed E-state index contributed by atoms with van der Waals surface area (Å²) in [6, 6.07) is 12.2. The third-order valence-corrected chi connectivity index (χ3v) is 11.1. The van der Waals surface area contributed by atoms with Gasteiger partial charge in [0.25, 0.3) is 0 Å². The molecule has 0 radical (unpaired) electrons. The molecule has 0 unspecified atom stereocenters. The number of ether oxygens (including phenoxy) is 1. The maximum Gasteiger partial charge on any atom is 0.243 e. The summed E-state index contributed by atoms with van der Waals surface area (Å²) in [6.45, 7) is 6.77. The van der Waals surface area contributed by atoms with Gasteiger partial charge in [0.2, 0.25) is 20.0 Å². The average molecular weight is 550 g/mol. The standard InChI is InChI=1S/C27H39N3O5S2/c1-4-5-8-23-9-11-24(12-10-23)36(31,32)29-18-16-28(17-19-29)26-20-25(13-14-27(26)35-3)37(33,34)30-15-6-7-22(2)21-30/h9-14,20,22H,4-8,15-19,21H2,1-3H3/t22-/m0/s1. The Bertz CT molecular complexity index is 1270. The highest BCUT2D eigenvalue weighted by atomic mass is 32.2. The summed E-state index contributed by atoms with van der Waals surface area (Å²) < 4.78 is 61.9. The van der Waals surface area contributed by atoms with Crippen LogP contribution in [0.25, 0.3) is 0 Å². The van der Waals surface area contributed by atoms with Crippen molar-refractivity contribution in [2.24, 2.45) is 5.92 Å². The Balaban J connectivity index is 1.49. The number of hydrogen-bond donors (Lipinski definition) is 0. The summed E-state index contributed by atoms with van der Waals surface area (Å²) >= 11 is 0. The zero-order chi connectivity index (χ0) is 26.6. The van der Waals surface area contributed by atoms with E-state index in [2.05, 4.69) is 13.8 Å². The Hall–Kier alpha value is -2.14. The monoisotopic (exact) mass is 549 g/mol. The number of rotatable bonds is 9. The van der Waals surface area contributed by atoms with Crippen LogP contribution >= 0.6 is 0 Å². The molecule has 204 valence electrons. The van der Waals surface area contributed by atoms with Gasteiger partial charge in [-0.15, -0.1) is 0 Å². The summed E-state index contributed by atoms with van der Waals surface area (Å²) in [5.74, 6) is 0.911. The highest BCUT2D eigenvalue weighted by molar-refractivity contribution is 7.89. The minimum Gasteiger partial charge on any atom is -0.495 e. The van der Waals surface area contributed by atoms with Crippen molar-refractivity contribution in [2.75, 3.05) is 51.3 Å². The third-order valence-electron chi connectivity index (χ3n) is 7.37. The summed E-state index contributed by atoms with van der Waals surface area (Å²) in [5.41, 5.74) is 1.82. The van der Waals surface area contributed by atoms with Gasteiger partial charge in [-0.25, -0.2) is 16.8 Å². The normalized spacial score (nSPS) is 20.2. The smallest absolute Gasteiger partial charge is 0.243 e. The second-order valence-corrected chi connectivity index (χ2v) is 14.0. The molecule has 2 heterocycles. The van der Waals surface area contributed by atoms with Gasteiger partial charge in [-0.2, -0.15) is 8.61 Å². The number of methoxy groups -OCH3 is 1. The summed E-state index contributed by atoms with van der Waals surface area (Å²) in [7, 11) is -5.66. The quantitative estimate of drug-likeness (QED) is 0.471. The Kier molecular flexibility index (Phi) is 8.83. The number of piperazine rings is 1. The van der Waals surface area contributed by atoms with Crippen molar-refractivity contribution in [3.05, 3.63) is 48.0 Å². The van der Waals surface area contributed by atoms with Crippen LogP contribution in [0.15, 0.2) is 52.3 Å². The largest absolute Gasteiger partial charge is 0.495 e. The van der Waals surface area contributed by atoms with Gasteiger partial charge in [0, 0.05) is 39.3 Å². The SMILES string of the molecule is CCCCc1ccc(S(=O)(=O)N2CCN(c3cc(S(=O)(=O)N4CCC[C@H](C)C4)ccc3OC)CC2)cc1. The zero-order valence-corrected chi connectivity index (χ0v) is 23.7. The maximum atomic E-state index is 13.4. The molecule has 0 aromatic heterocycles. The number of aryl methyl sites for hydroxylation is 1. The van der Waals surface area contributed by atoms with E-state index < -0.39 is 20.0 Å². The van der Waals surface area contributed by atoms with Gasteiger partial charge in [-0.3, -0.25) is 0 Å². The Morgan fingerprint density at radius 2 is 1.51 bits per heavy atom. The van der Waals surface area contributed by atoms with Crippen LogP contribution in [0, 0.1) is 5.92 Å². The van der Waals surface area contributed by atoms with Crippen LogP contribution in [0.2, 0.25) is 0 Å². The average Bonchev–Trinajstić information content (AvgIpc) is 2.91. The Morgan fingerprint density at radius 3 is 2.14 bits per heavy atom. The first-order valence-electron chi connectivity index (χ1n) is 13.2. The van der Waals surface area contributed by atoms with Crippen LogP contribution < -0.4 is 9.64 Å². The molecular weight excluding hydrogens is 510 g/mol. The first-order valence-corrected chi connectivity index (χ1v) is 16.1. The second-order valence-electron chi connectivity index (χ2n) is 10.1. The molecule has 0 amide bonds. The van der Waals surface area contributed by atoms with E-state index in [1.165, 1.54) is 4.31 Å². The van der Waals surface area contributed by atoms with Crippen LogP contribution in [0.4, 0.5) is 5.69 Å². The first-order chi connectivity index (χ1) is 17.7. The number of hydrogen-bond acceptors (Lipinski definition) is 6. The molecule has 0 aliphatic carbocycles. The van der Waals surface area contributed by atoms with E-state index in [9.17, 15) is 16.8 Å². The lowest BCUT2D eigenvalue weighted by Crippen LogP contribution is -2.48. The first kappa shape index (κ1) is 27.9. The molecule has 37 heavy (non-hydrogen) atoms. The van der Waals surface area contributed by atoms with Crippen LogP contribution in [0.1, 0.15) is 45.1 Å². The number of benzene rings is 2. The van der Waals surface area contributed by atoms with E-state index >= 15 is 0 Å². The van der Waals surface area contributed by atoms with Crippen molar-refractivity contribution in [1.82, 2.24) is 8.61 Å². The van der Waals surface area contributed by atoms with Crippen molar-refractivity contribution in [2.45, 2.75) is 55.7 Å². The second kappa shape index (κ2) is 11.7. The summed E-state index contributed by atoms with van der Waals surface area (Å²) in [4.78, 5) is 2.56. The molecule has 0 bridgehead atoms. The van der Waals surface area contributed by atoms with Gasteiger partial charge in [0.15, 0.2) is 0 Å². The number of unbranched alkanes of at least 4 members (excludes halogenated alkanes) is 1. The fourth-order valence-corrected chi connectivity index (χ4v) is 8.16. The molecule has 0 saturated carbocycles. The summed E-state index contributed by atoms with van der Waals surface area (Å²) in [5, 5.41) is 0. The van der Waals surface area contributed by atoms with Crippen molar-refractivity contribution in [3.8, 4) is 5.75 Å². The minimum absolute atomic E-state index is 0.246. The van der Waals surface area contributed by atoms with Crippen LogP contribution in [-0.4, -0.2) is 71.8 Å². The van der Waals surface area contributed by atoms with Gasteiger partial charge in [0.05, 0.1) is 22.6 Å². The van der Waals surface area contributed by atoms with E-state index in [1.807, 2.05) is 17.0 Å². The van der Waals surface area contributed by atoms with Crippen molar-refractivity contribution < 1.29 is 21.6 Å². The molecule has 2 aromatic rings. The van der Waals surface area contributed by atoms with Gasteiger partial charge in [-0.05, 0) is 67.5 Å². The van der Waals surface area contributed by atoms with Crippen LogP contribution in [-0.2, 0) is 26.5 Å². The molecule has 10 heteroatoms. The molecule has 2 aliphatic rings. The number of anilines is 1. The van der Waals surface area contributed by atoms with E-state index in [1.54, 1.807) is 41.7 Å². The fraction of sp³-hybridized carbons (Fsp3) is 0.556. The molecule has 4 rings (SSSR count). The fourth-order valence-electron chi connectivity index (χ4n) is 5.12. The highest BCUT2D eigenvalue weighted by Crippen LogP contribution is 2.34. The lowest BCUT2D eigenvalue weighted by molar-refractivity contribution is 0.281. The van der Waals surface area contributed by atoms with Gasteiger partial charge in [-0.1, -0.05) is 32.4 Å². The maximum absolute atomic E-state index is 13.4. The molecule has 8 nitrogen and oxygen atoms in total. The van der Waals surface area contributed by atoms with E-state index in [0.717, 1.165) is 37.7 Å². The Labute approximate surface area is 222 Å². The molecule has 0 spiro atoms. The molecule has 2 saturated heterocycles. The lowest BCUT2D eigenvalue weighted by atomic mass is 10.0. The van der Waals surface area contributed by atoms with Gasteiger partial charge < -0.3 is 9.64 Å². The zero-order valence-electron chi connectivity index (χ0n) is 22.1. The third kappa shape index (κ3) is 6.13. The molecule has 2 aliphatic heterocycles. The number of sulfonamides is 2. The van der Waals surface area contributed by atoms with Crippen molar-refractivity contribution >= 4 is 25.7 Å². The molecule has 0 N–H and O–H groups in total. The summed E-state index contributed by atoms with van der Waals surface area (Å²) in [6.07, 6.45) is 5.03. The predicted molar refractivity (Wildman–Crippen MR) is 146 cm³/mol. The highest BCUT2D eigenvalue weighted by Gasteiger charge is 2.32. The van der Waals surface area contributed by atoms with Crippen LogP contribution in [0.3, 0.4) is 0 Å². The lowest BCUT2D eigenvalue weighted by Gasteiger charge is -2.36. The van der Waals surface area contributed by atoms with E-state index in [0.29, 0.717) is 61.5 Å². The van der Waals surface area contributed by atoms with Crippen molar-refractivity contribution in [3.63, 3.8) is 0 Å². The number of piperidine rings is 1. The molecule has 2 aromatic carbocycles. The van der Waals surface area contributed by atoms with Crippen LogP contribution in [0.5, 0.6) is 5.75 Å². The van der Waals surface area contributed by atoms with Crippen molar-refractivity contribution in [1.29, 1.82) is 0 Å². The Morgan fingerprint density at radius 1 is 0.865 bits per heavy atom. The molecule has 1 atom stereocenters. The van der Waals surface area contributed by atoms with Gasteiger partial charge in [0.1, 0.15) is 5.75 Å². The molecule has 2 fully saturated rings. The predicted octanol–water partition coefficient (Wildman–Crippen LogP) is 3.97. The van der Waals surface area contributed by atoms with E-state index in [-0.39, 0.29) is 4.90 Å². The minimum atomic E-state index is -3.62. The topological polar surface area (TPSA) is 87.2 Å². The van der Waals surface area contributed by atoms with E-state index in [4.69, 9.17) is 4.74 Å².